The fourth-order valence-electron chi connectivity index (χ4n) is 4.38. The molecule has 0 radical (unpaired) electrons. The molecule has 162 valence electrons. The van der Waals surface area contributed by atoms with Crippen LogP contribution in [0.3, 0.4) is 0 Å². The van der Waals surface area contributed by atoms with Gasteiger partial charge in [-0.05, 0) is 55.0 Å². The Morgan fingerprint density at radius 3 is 2.71 bits per heavy atom. The fourth-order valence-corrected chi connectivity index (χ4v) is 4.92. The summed E-state index contributed by atoms with van der Waals surface area (Å²) in [5, 5.41) is 13.8. The van der Waals surface area contributed by atoms with E-state index in [1.807, 2.05) is 18.2 Å². The maximum absolute atomic E-state index is 14.1. The van der Waals surface area contributed by atoms with E-state index in [2.05, 4.69) is 5.32 Å². The minimum atomic E-state index is -0.991. The zero-order valence-corrected chi connectivity index (χ0v) is 18.1. The number of carbonyl (C=O) groups excluding carboxylic acids is 1. The van der Waals surface area contributed by atoms with Gasteiger partial charge in [0.2, 0.25) is 5.91 Å². The standard InChI is InChI=1S/C23H21Cl2FN2O3/c24-18-4-2-1-3-13(18)5-8-21(29)27-15-6-7-20-16(11-15)17-9-14(26)10-19(25)23(17)28(20)12-22(30)31/h1-4,9-10,15H,5-8,11-12H2,(H,27,29)(H,30,31)/t15-/m1/s1. The van der Waals surface area contributed by atoms with Gasteiger partial charge in [-0.25, -0.2) is 4.39 Å². The molecular weight excluding hydrogens is 442 g/mol. The van der Waals surface area contributed by atoms with Crippen molar-refractivity contribution in [3.05, 3.63) is 69.1 Å². The average molecular weight is 463 g/mol. The van der Waals surface area contributed by atoms with Crippen molar-refractivity contribution in [2.45, 2.75) is 44.7 Å². The third-order valence-electron chi connectivity index (χ3n) is 5.72. The first-order valence-corrected chi connectivity index (χ1v) is 10.8. The first-order valence-electron chi connectivity index (χ1n) is 10.1. The predicted octanol–water partition coefficient (Wildman–Crippen LogP) is 4.78. The summed E-state index contributed by atoms with van der Waals surface area (Å²) in [5.74, 6) is -1.54. The van der Waals surface area contributed by atoms with Gasteiger partial charge in [0.05, 0.1) is 10.5 Å². The summed E-state index contributed by atoms with van der Waals surface area (Å²) >= 11 is 12.4. The number of aryl methyl sites for hydroxylation is 1. The molecule has 1 heterocycles. The number of carboxylic acids is 1. The Labute approximate surface area is 188 Å². The second kappa shape index (κ2) is 8.89. The van der Waals surface area contributed by atoms with E-state index in [9.17, 15) is 19.1 Å². The van der Waals surface area contributed by atoms with Crippen LogP contribution in [-0.4, -0.2) is 27.6 Å². The highest BCUT2D eigenvalue weighted by Gasteiger charge is 2.28. The number of carbonyl (C=O) groups is 2. The maximum Gasteiger partial charge on any atom is 0.323 e. The summed E-state index contributed by atoms with van der Waals surface area (Å²) in [6.45, 7) is -0.244. The highest BCUT2D eigenvalue weighted by molar-refractivity contribution is 6.35. The van der Waals surface area contributed by atoms with E-state index in [0.29, 0.717) is 48.0 Å². The lowest BCUT2D eigenvalue weighted by molar-refractivity contribution is -0.137. The quantitative estimate of drug-likeness (QED) is 0.553. The molecule has 2 N–H and O–H groups in total. The molecule has 0 spiro atoms. The molecule has 0 aliphatic heterocycles. The Balaban J connectivity index is 1.53. The fraction of sp³-hybridized carbons (Fsp3) is 0.304. The zero-order valence-electron chi connectivity index (χ0n) is 16.6. The largest absolute Gasteiger partial charge is 0.480 e. The molecule has 2 aromatic carbocycles. The average Bonchev–Trinajstić information content (AvgIpc) is 3.00. The van der Waals surface area contributed by atoms with Crippen molar-refractivity contribution < 1.29 is 19.1 Å². The summed E-state index contributed by atoms with van der Waals surface area (Å²) in [5.41, 5.74) is 3.14. The van der Waals surface area contributed by atoms with Gasteiger partial charge in [0.25, 0.3) is 0 Å². The molecule has 0 fully saturated rings. The lowest BCUT2D eigenvalue weighted by Crippen LogP contribution is -2.39. The third kappa shape index (κ3) is 4.55. The number of fused-ring (bicyclic) bond motifs is 3. The van der Waals surface area contributed by atoms with Crippen molar-refractivity contribution in [2.24, 2.45) is 0 Å². The van der Waals surface area contributed by atoms with Crippen LogP contribution in [0.15, 0.2) is 36.4 Å². The first-order chi connectivity index (χ1) is 14.8. The Morgan fingerprint density at radius 1 is 1.19 bits per heavy atom. The number of aromatic nitrogens is 1. The van der Waals surface area contributed by atoms with Crippen molar-refractivity contribution >= 4 is 46.0 Å². The maximum atomic E-state index is 14.1. The Morgan fingerprint density at radius 2 is 1.97 bits per heavy atom. The Hall–Kier alpha value is -2.57. The normalized spacial score (nSPS) is 15.6. The lowest BCUT2D eigenvalue weighted by Gasteiger charge is -2.25. The number of nitrogens with zero attached hydrogens (tertiary/aromatic N) is 1. The summed E-state index contributed by atoms with van der Waals surface area (Å²) in [6, 6.07) is 9.91. The van der Waals surface area contributed by atoms with Gasteiger partial charge in [0.1, 0.15) is 12.4 Å². The van der Waals surface area contributed by atoms with Crippen LogP contribution in [0.25, 0.3) is 10.9 Å². The number of hydrogen-bond acceptors (Lipinski definition) is 2. The molecular formula is C23H21Cl2FN2O3. The van der Waals surface area contributed by atoms with E-state index in [0.717, 1.165) is 16.8 Å². The van der Waals surface area contributed by atoms with E-state index in [-0.39, 0.29) is 23.5 Å². The number of hydrogen-bond donors (Lipinski definition) is 2. The Bertz CT molecular complexity index is 1180. The van der Waals surface area contributed by atoms with Crippen LogP contribution in [0.1, 0.15) is 29.7 Å². The van der Waals surface area contributed by atoms with Gasteiger partial charge in [-0.1, -0.05) is 41.4 Å². The highest BCUT2D eigenvalue weighted by atomic mass is 35.5. The number of carboxylic acid groups (broad SMARTS) is 1. The molecule has 0 saturated heterocycles. The van der Waals surface area contributed by atoms with Crippen LogP contribution in [-0.2, 0) is 35.4 Å². The molecule has 3 aromatic rings. The predicted molar refractivity (Wildman–Crippen MR) is 118 cm³/mol. The highest BCUT2D eigenvalue weighted by Crippen LogP contribution is 2.36. The van der Waals surface area contributed by atoms with Crippen molar-refractivity contribution in [1.29, 1.82) is 0 Å². The van der Waals surface area contributed by atoms with Crippen LogP contribution in [0.4, 0.5) is 4.39 Å². The number of benzene rings is 2. The van der Waals surface area contributed by atoms with Crippen molar-refractivity contribution in [1.82, 2.24) is 9.88 Å². The SMILES string of the molecule is O=C(O)Cn1c2c(c3cc(F)cc(Cl)c31)C[C@H](NC(=O)CCc1ccccc1Cl)CC2. The van der Waals surface area contributed by atoms with E-state index in [1.54, 1.807) is 10.6 Å². The Kier molecular flexibility index (Phi) is 6.21. The first kappa shape index (κ1) is 21.7. The van der Waals surface area contributed by atoms with Crippen LogP contribution < -0.4 is 5.32 Å². The summed E-state index contributed by atoms with van der Waals surface area (Å²) in [4.78, 5) is 23.9. The molecule has 1 atom stereocenters. The molecule has 1 amide bonds. The van der Waals surface area contributed by atoms with Crippen LogP contribution in [0.5, 0.6) is 0 Å². The van der Waals surface area contributed by atoms with Crippen LogP contribution in [0, 0.1) is 5.82 Å². The number of halogens is 3. The minimum Gasteiger partial charge on any atom is -0.480 e. The molecule has 31 heavy (non-hydrogen) atoms. The second-order valence-electron chi connectivity index (χ2n) is 7.79. The molecule has 1 aliphatic rings. The monoisotopic (exact) mass is 462 g/mol. The van der Waals surface area contributed by atoms with E-state index in [4.69, 9.17) is 23.2 Å². The summed E-state index contributed by atoms with van der Waals surface area (Å²) in [7, 11) is 0. The van der Waals surface area contributed by atoms with E-state index < -0.39 is 11.8 Å². The van der Waals surface area contributed by atoms with Crippen molar-refractivity contribution in [3.8, 4) is 0 Å². The lowest BCUT2D eigenvalue weighted by atomic mass is 9.91. The van der Waals surface area contributed by atoms with Crippen LogP contribution in [0.2, 0.25) is 10.0 Å². The molecule has 1 aromatic heterocycles. The second-order valence-corrected chi connectivity index (χ2v) is 8.60. The van der Waals surface area contributed by atoms with Crippen molar-refractivity contribution in [3.63, 3.8) is 0 Å². The van der Waals surface area contributed by atoms with Gasteiger partial charge in [-0.3, -0.25) is 9.59 Å². The summed E-state index contributed by atoms with van der Waals surface area (Å²) < 4.78 is 15.7. The van der Waals surface area contributed by atoms with Crippen LogP contribution >= 0.6 is 23.2 Å². The number of aliphatic carboxylic acids is 1. The van der Waals surface area contributed by atoms with Gasteiger partial charge in [0, 0.05) is 28.6 Å². The smallest absolute Gasteiger partial charge is 0.323 e. The van der Waals surface area contributed by atoms with Gasteiger partial charge in [-0.2, -0.15) is 0 Å². The van der Waals surface area contributed by atoms with Crippen molar-refractivity contribution in [2.75, 3.05) is 0 Å². The zero-order chi connectivity index (χ0) is 22.1. The molecule has 0 bridgehead atoms. The van der Waals surface area contributed by atoms with E-state index in [1.165, 1.54) is 12.1 Å². The third-order valence-corrected chi connectivity index (χ3v) is 6.37. The van der Waals surface area contributed by atoms with Gasteiger partial charge >= 0.3 is 5.97 Å². The molecule has 0 saturated carbocycles. The number of rotatable bonds is 6. The molecule has 0 unspecified atom stereocenters. The number of amides is 1. The molecule has 4 rings (SSSR count). The number of nitrogens with one attached hydrogen (secondary N) is 1. The molecule has 1 aliphatic carbocycles. The van der Waals surface area contributed by atoms with Gasteiger partial charge in [-0.15, -0.1) is 0 Å². The topological polar surface area (TPSA) is 71.3 Å². The van der Waals surface area contributed by atoms with E-state index >= 15 is 0 Å². The minimum absolute atomic E-state index is 0.0770. The molecule has 5 nitrogen and oxygen atoms in total. The summed E-state index contributed by atoms with van der Waals surface area (Å²) in [6.07, 6.45) is 2.60. The molecule has 8 heteroatoms. The van der Waals surface area contributed by atoms with Gasteiger partial charge in [0.15, 0.2) is 0 Å². The van der Waals surface area contributed by atoms with Gasteiger partial charge < -0.3 is 15.0 Å².